The molecule has 0 aliphatic carbocycles. The molecule has 2 aliphatic heterocycles. The lowest BCUT2D eigenvalue weighted by Crippen LogP contribution is -2.51. The molecule has 1 N–H and O–H groups in total. The molecule has 0 atom stereocenters. The molecule has 2 saturated heterocycles. The summed E-state index contributed by atoms with van der Waals surface area (Å²) >= 11 is 4.14. The third-order valence-corrected chi connectivity index (χ3v) is 6.08. The number of rotatable bonds is 4. The van der Waals surface area contributed by atoms with Gasteiger partial charge in [0.05, 0.1) is 6.54 Å². The molecule has 0 spiro atoms. The lowest BCUT2D eigenvalue weighted by atomic mass is 10.2. The van der Waals surface area contributed by atoms with Gasteiger partial charge in [0, 0.05) is 61.3 Å². The van der Waals surface area contributed by atoms with Gasteiger partial charge >= 0.3 is 0 Å². The van der Waals surface area contributed by atoms with Crippen molar-refractivity contribution in [3.05, 3.63) is 0 Å². The van der Waals surface area contributed by atoms with E-state index in [2.05, 4.69) is 59.4 Å². The Labute approximate surface area is 138 Å². The summed E-state index contributed by atoms with van der Waals surface area (Å²) in [6.45, 7) is 14.4. The summed E-state index contributed by atoms with van der Waals surface area (Å²) < 4.78 is 0.332. The first kappa shape index (κ1) is 17.3. The van der Waals surface area contributed by atoms with Crippen LogP contribution < -0.4 is 5.32 Å². The maximum absolute atomic E-state index is 4.87. The number of guanidine groups is 1. The van der Waals surface area contributed by atoms with E-state index in [-0.39, 0.29) is 0 Å². The largest absolute Gasteiger partial charge is 0.357 e. The third kappa shape index (κ3) is 5.91. The van der Waals surface area contributed by atoms with Crippen LogP contribution in [0, 0.1) is 0 Å². The highest BCUT2D eigenvalue weighted by Crippen LogP contribution is 2.29. The predicted molar refractivity (Wildman–Crippen MR) is 97.9 cm³/mol. The minimum Gasteiger partial charge on any atom is -0.357 e. The SMILES string of the molecule is CCNC(=NCCN1CCSCC1)N1CCSC(C)(C)C1. The van der Waals surface area contributed by atoms with Crippen LogP contribution in [0.3, 0.4) is 0 Å². The standard InChI is InChI=1S/C15H30N4S2/c1-4-16-14(19-9-12-21-15(2,3)13-19)17-5-6-18-7-10-20-11-8-18/h4-13H2,1-3H3,(H,16,17). The van der Waals surface area contributed by atoms with Gasteiger partial charge in [0.15, 0.2) is 5.96 Å². The maximum atomic E-state index is 4.87. The van der Waals surface area contributed by atoms with Crippen molar-refractivity contribution >= 4 is 29.5 Å². The van der Waals surface area contributed by atoms with E-state index in [0.29, 0.717) is 4.75 Å². The van der Waals surface area contributed by atoms with Gasteiger partial charge in [-0.15, -0.1) is 0 Å². The van der Waals surface area contributed by atoms with Gasteiger partial charge in [-0.3, -0.25) is 9.89 Å². The summed E-state index contributed by atoms with van der Waals surface area (Å²) in [5.41, 5.74) is 0. The van der Waals surface area contributed by atoms with E-state index < -0.39 is 0 Å². The molecule has 2 aliphatic rings. The molecule has 0 radical (unpaired) electrons. The second-order valence-electron chi connectivity index (χ2n) is 6.22. The average Bonchev–Trinajstić information content (AvgIpc) is 2.46. The summed E-state index contributed by atoms with van der Waals surface area (Å²) in [6.07, 6.45) is 0. The average molecular weight is 331 g/mol. The Hall–Kier alpha value is -0.0700. The molecule has 21 heavy (non-hydrogen) atoms. The van der Waals surface area contributed by atoms with E-state index in [1.165, 1.54) is 30.3 Å². The number of aliphatic imine (C=N–C) groups is 1. The zero-order valence-electron chi connectivity index (χ0n) is 13.7. The van der Waals surface area contributed by atoms with Gasteiger partial charge in [-0.05, 0) is 20.8 Å². The predicted octanol–water partition coefficient (Wildman–Crippen LogP) is 1.83. The summed E-state index contributed by atoms with van der Waals surface area (Å²) in [5.74, 6) is 4.86. The van der Waals surface area contributed by atoms with Crippen molar-refractivity contribution in [1.29, 1.82) is 0 Å². The molecule has 0 aromatic heterocycles. The lowest BCUT2D eigenvalue weighted by molar-refractivity contribution is 0.310. The number of nitrogens with zero attached hydrogens (tertiary/aromatic N) is 3. The smallest absolute Gasteiger partial charge is 0.194 e. The number of hydrogen-bond donors (Lipinski definition) is 1. The number of thioether (sulfide) groups is 2. The number of nitrogens with one attached hydrogen (secondary N) is 1. The van der Waals surface area contributed by atoms with Gasteiger partial charge in [0.1, 0.15) is 0 Å². The molecule has 0 saturated carbocycles. The minimum atomic E-state index is 0.332. The summed E-state index contributed by atoms with van der Waals surface area (Å²) in [5, 5.41) is 3.47. The van der Waals surface area contributed by atoms with Gasteiger partial charge in [-0.1, -0.05) is 0 Å². The van der Waals surface area contributed by atoms with E-state index in [1.807, 2.05) is 0 Å². The molecule has 0 aromatic rings. The third-order valence-electron chi connectivity index (χ3n) is 3.84. The zero-order valence-corrected chi connectivity index (χ0v) is 15.4. The Morgan fingerprint density at radius 1 is 1.19 bits per heavy atom. The van der Waals surface area contributed by atoms with Crippen molar-refractivity contribution in [2.75, 3.05) is 63.1 Å². The molecule has 4 nitrogen and oxygen atoms in total. The monoisotopic (exact) mass is 330 g/mol. The normalized spacial score (nSPS) is 24.1. The molecule has 122 valence electrons. The molecular formula is C15H30N4S2. The summed E-state index contributed by atoms with van der Waals surface area (Å²) in [6, 6.07) is 0. The lowest BCUT2D eigenvalue weighted by Gasteiger charge is -2.39. The van der Waals surface area contributed by atoms with E-state index in [0.717, 1.165) is 38.7 Å². The van der Waals surface area contributed by atoms with Crippen LogP contribution in [0.15, 0.2) is 4.99 Å². The Bertz CT molecular complexity index is 341. The van der Waals surface area contributed by atoms with Gasteiger partial charge in [0.25, 0.3) is 0 Å². The fourth-order valence-electron chi connectivity index (χ4n) is 2.75. The Kier molecular flexibility index (Phi) is 7.02. The van der Waals surface area contributed by atoms with E-state index in [4.69, 9.17) is 4.99 Å². The molecule has 0 aromatic carbocycles. The maximum Gasteiger partial charge on any atom is 0.194 e. The zero-order chi connectivity index (χ0) is 15.1. The molecule has 0 bridgehead atoms. The Morgan fingerprint density at radius 2 is 1.95 bits per heavy atom. The van der Waals surface area contributed by atoms with E-state index in [9.17, 15) is 0 Å². The minimum absolute atomic E-state index is 0.332. The van der Waals surface area contributed by atoms with E-state index in [1.54, 1.807) is 0 Å². The van der Waals surface area contributed by atoms with Gasteiger partial charge in [0.2, 0.25) is 0 Å². The van der Waals surface area contributed by atoms with Crippen LogP contribution in [-0.4, -0.2) is 83.6 Å². The number of hydrogen-bond acceptors (Lipinski definition) is 4. The first-order chi connectivity index (χ1) is 10.1. The van der Waals surface area contributed by atoms with Crippen molar-refractivity contribution in [2.45, 2.75) is 25.5 Å². The van der Waals surface area contributed by atoms with Gasteiger partial charge in [-0.2, -0.15) is 23.5 Å². The van der Waals surface area contributed by atoms with E-state index >= 15 is 0 Å². The van der Waals surface area contributed by atoms with Crippen LogP contribution in [0.1, 0.15) is 20.8 Å². The van der Waals surface area contributed by atoms with Crippen LogP contribution in [0.2, 0.25) is 0 Å². The van der Waals surface area contributed by atoms with Gasteiger partial charge in [-0.25, -0.2) is 0 Å². The highest BCUT2D eigenvalue weighted by molar-refractivity contribution is 8.00. The van der Waals surface area contributed by atoms with Crippen molar-refractivity contribution in [2.24, 2.45) is 4.99 Å². The molecule has 0 amide bonds. The van der Waals surface area contributed by atoms with Crippen LogP contribution in [-0.2, 0) is 0 Å². The quantitative estimate of drug-likeness (QED) is 0.628. The molecule has 2 fully saturated rings. The second-order valence-corrected chi connectivity index (χ2v) is 9.25. The highest BCUT2D eigenvalue weighted by atomic mass is 32.2. The fraction of sp³-hybridized carbons (Fsp3) is 0.933. The second kappa shape index (κ2) is 8.53. The van der Waals surface area contributed by atoms with Crippen molar-refractivity contribution in [3.63, 3.8) is 0 Å². The molecule has 6 heteroatoms. The molecule has 2 rings (SSSR count). The van der Waals surface area contributed by atoms with Crippen LogP contribution in [0.25, 0.3) is 0 Å². The molecule has 0 unspecified atom stereocenters. The highest BCUT2D eigenvalue weighted by Gasteiger charge is 2.28. The Morgan fingerprint density at radius 3 is 2.62 bits per heavy atom. The van der Waals surface area contributed by atoms with Crippen LogP contribution in [0.5, 0.6) is 0 Å². The summed E-state index contributed by atoms with van der Waals surface area (Å²) in [4.78, 5) is 9.85. The van der Waals surface area contributed by atoms with Crippen molar-refractivity contribution < 1.29 is 0 Å². The van der Waals surface area contributed by atoms with Crippen molar-refractivity contribution in [3.8, 4) is 0 Å². The molecular weight excluding hydrogens is 300 g/mol. The summed E-state index contributed by atoms with van der Waals surface area (Å²) in [7, 11) is 0. The molecule has 2 heterocycles. The van der Waals surface area contributed by atoms with Crippen molar-refractivity contribution in [1.82, 2.24) is 15.1 Å². The van der Waals surface area contributed by atoms with Crippen LogP contribution in [0.4, 0.5) is 0 Å². The van der Waals surface area contributed by atoms with Crippen LogP contribution >= 0.6 is 23.5 Å². The first-order valence-electron chi connectivity index (χ1n) is 8.08. The fourth-order valence-corrected chi connectivity index (χ4v) is 4.84. The topological polar surface area (TPSA) is 30.9 Å². The Balaban J connectivity index is 1.86. The van der Waals surface area contributed by atoms with Gasteiger partial charge < -0.3 is 10.2 Å². The first-order valence-corrected chi connectivity index (χ1v) is 10.2.